The molecule has 4 atom stereocenters. The van der Waals surface area contributed by atoms with E-state index in [1.54, 1.807) is 0 Å². The summed E-state index contributed by atoms with van der Waals surface area (Å²) in [5.74, 6) is 1.86. The Morgan fingerprint density at radius 1 is 0.610 bits per heavy atom. The predicted molar refractivity (Wildman–Crippen MR) is 230 cm³/mol. The summed E-state index contributed by atoms with van der Waals surface area (Å²) in [6, 6.07) is 35.8. The molecule has 0 radical (unpaired) electrons. The number of imidazole rings is 2. The lowest BCUT2D eigenvalue weighted by atomic mass is 10.0. The number of rotatable bonds is 14. The van der Waals surface area contributed by atoms with Crippen LogP contribution in [0.1, 0.15) is 83.8 Å². The molecule has 59 heavy (non-hydrogen) atoms. The molecule has 11 heteroatoms. The minimum atomic E-state index is -0.341. The van der Waals surface area contributed by atoms with Crippen LogP contribution in [-0.2, 0) is 27.5 Å². The topological polar surface area (TPSA) is 114 Å². The Kier molecular flexibility index (Phi) is 12.1. The highest BCUT2D eigenvalue weighted by molar-refractivity contribution is 5.84. The second-order valence-electron chi connectivity index (χ2n) is 16.2. The lowest BCUT2D eigenvalue weighted by molar-refractivity contribution is -0.138. The van der Waals surface area contributed by atoms with E-state index in [4.69, 9.17) is 14.7 Å². The van der Waals surface area contributed by atoms with Gasteiger partial charge < -0.3 is 24.5 Å². The summed E-state index contributed by atoms with van der Waals surface area (Å²) in [6.07, 6.45) is 7.40. The number of nitrogens with zero attached hydrogens (tertiary/aromatic N) is 6. The van der Waals surface area contributed by atoms with Gasteiger partial charge in [0.25, 0.3) is 0 Å². The summed E-state index contributed by atoms with van der Waals surface area (Å²) in [6.45, 7) is 2.42. The highest BCUT2D eigenvalue weighted by Crippen LogP contribution is 2.37. The Balaban J connectivity index is 0.842. The molecule has 2 aromatic heterocycles. The zero-order valence-corrected chi connectivity index (χ0v) is 34.4. The van der Waals surface area contributed by atoms with Crippen LogP contribution in [-0.4, -0.2) is 92.6 Å². The molecule has 0 unspecified atom stereocenters. The second kappa shape index (κ2) is 17.9. The van der Waals surface area contributed by atoms with Crippen molar-refractivity contribution >= 4 is 11.8 Å². The maximum absolute atomic E-state index is 13.9. The molecule has 0 spiro atoms. The van der Waals surface area contributed by atoms with E-state index < -0.39 is 0 Å². The van der Waals surface area contributed by atoms with Gasteiger partial charge in [-0.1, -0.05) is 109 Å². The molecule has 6 aromatic rings. The highest BCUT2D eigenvalue weighted by atomic mass is 16.5. The first-order valence-corrected chi connectivity index (χ1v) is 20.6. The number of carbonyl (C=O) groups excluding carboxylic acids is 2. The average molecular weight is 791 g/mol. The van der Waals surface area contributed by atoms with Gasteiger partial charge in [-0.05, 0) is 87.3 Å². The predicted octanol–water partition coefficient (Wildman–Crippen LogP) is 8.12. The van der Waals surface area contributed by atoms with Crippen LogP contribution < -0.4 is 0 Å². The number of aromatic nitrogens is 4. The second-order valence-corrected chi connectivity index (χ2v) is 16.2. The minimum absolute atomic E-state index is 0.0807. The van der Waals surface area contributed by atoms with Crippen LogP contribution in [0.25, 0.3) is 22.5 Å². The molecule has 2 N–H and O–H groups in total. The number of benzene rings is 4. The van der Waals surface area contributed by atoms with Gasteiger partial charge in [0, 0.05) is 13.1 Å². The number of H-pyrrole nitrogens is 2. The first-order chi connectivity index (χ1) is 28.7. The van der Waals surface area contributed by atoms with E-state index in [0.29, 0.717) is 13.2 Å². The summed E-state index contributed by atoms with van der Waals surface area (Å²) in [5.41, 5.74) is 8.09. The van der Waals surface area contributed by atoms with Crippen LogP contribution in [0.5, 0.6) is 0 Å². The van der Waals surface area contributed by atoms with Crippen LogP contribution >= 0.6 is 0 Å². The third-order valence-corrected chi connectivity index (χ3v) is 11.7. The van der Waals surface area contributed by atoms with E-state index in [1.165, 1.54) is 0 Å². The van der Waals surface area contributed by atoms with Crippen molar-refractivity contribution in [3.05, 3.63) is 155 Å². The molecule has 2 aliphatic heterocycles. The molecular weight excluding hydrogens is 737 g/mol. The van der Waals surface area contributed by atoms with Crippen LogP contribution in [0.3, 0.4) is 0 Å². The Bertz CT molecular complexity index is 2140. The largest absolute Gasteiger partial charge is 0.372 e. The van der Waals surface area contributed by atoms with Crippen molar-refractivity contribution in [1.29, 1.82) is 0 Å². The molecule has 11 nitrogen and oxygen atoms in total. The molecule has 304 valence electrons. The third-order valence-electron chi connectivity index (χ3n) is 11.7. The summed E-state index contributed by atoms with van der Waals surface area (Å²) < 4.78 is 6.12. The molecule has 2 saturated heterocycles. The first kappa shape index (κ1) is 39.9. The number of carbonyl (C=O) groups is 2. The summed E-state index contributed by atoms with van der Waals surface area (Å²) in [4.78, 5) is 52.3. The van der Waals surface area contributed by atoms with Crippen molar-refractivity contribution in [3.63, 3.8) is 0 Å². The van der Waals surface area contributed by atoms with Crippen LogP contribution in [0, 0.1) is 0 Å². The normalized spacial score (nSPS) is 17.9. The van der Waals surface area contributed by atoms with Crippen molar-refractivity contribution in [2.45, 2.75) is 63.1 Å². The Morgan fingerprint density at radius 2 is 1.00 bits per heavy atom. The molecule has 4 aromatic carbocycles. The molecule has 2 amide bonds. The molecule has 2 aliphatic rings. The Labute approximate surface area is 347 Å². The van der Waals surface area contributed by atoms with Gasteiger partial charge in [0.1, 0.15) is 23.7 Å². The highest BCUT2D eigenvalue weighted by Gasteiger charge is 2.38. The Hall–Kier alpha value is -5.88. The van der Waals surface area contributed by atoms with Crippen molar-refractivity contribution in [3.8, 4) is 22.5 Å². The molecule has 2 fully saturated rings. The van der Waals surface area contributed by atoms with Crippen molar-refractivity contribution < 1.29 is 14.3 Å². The van der Waals surface area contributed by atoms with Gasteiger partial charge in [-0.2, -0.15) is 0 Å². The standard InChI is InChI=1S/C48H54N8O3/c1-53(2)43(37-13-7-5-8-14-37)47(57)55-27-11-17-41(55)45-49-29-39(51-45)35-23-19-33(20-24-35)31-59-32-34-21-25-36(26-22-34)40-30-50-46(52-40)42-18-12-28-56(42)48(58)44(54(3)4)38-15-9-6-10-16-38/h5-10,13-16,19-26,29-30,41-44H,11-12,17-18,27-28,31-32H2,1-4H3,(H,49,51)(H,50,52)/t41-,42-,43+,44+/m0/s1. The van der Waals surface area contributed by atoms with Gasteiger partial charge in [0.15, 0.2) is 0 Å². The molecule has 0 saturated carbocycles. The number of ether oxygens (including phenoxy) is 1. The Morgan fingerprint density at radius 3 is 1.37 bits per heavy atom. The number of hydrogen-bond acceptors (Lipinski definition) is 7. The summed E-state index contributed by atoms with van der Waals surface area (Å²) in [7, 11) is 7.83. The number of amides is 2. The van der Waals surface area contributed by atoms with E-state index in [1.807, 2.05) is 121 Å². The van der Waals surface area contributed by atoms with Gasteiger partial charge in [-0.3, -0.25) is 19.4 Å². The van der Waals surface area contributed by atoms with Gasteiger partial charge in [0.2, 0.25) is 11.8 Å². The fourth-order valence-corrected chi connectivity index (χ4v) is 8.69. The number of likely N-dealkylation sites (tertiary alicyclic amines) is 2. The molecule has 0 aliphatic carbocycles. The summed E-state index contributed by atoms with van der Waals surface area (Å²) in [5, 5.41) is 0. The SMILES string of the molecule is CN(C)[C@@H](C(=O)N1CCC[C@H]1c1ncc(-c2ccc(COCc3ccc(-c4cnc([C@@H]5CCCN5C(=O)[C@@H](c5ccccc5)N(C)C)[nH]4)cc3)cc2)[nH]1)c1ccccc1. The van der Waals surface area contributed by atoms with Crippen molar-refractivity contribution in [2.75, 3.05) is 41.3 Å². The number of likely N-dealkylation sites (N-methyl/N-ethyl adjacent to an activating group) is 2. The lowest BCUT2D eigenvalue weighted by Gasteiger charge is -2.31. The number of nitrogens with one attached hydrogen (secondary N) is 2. The quantitative estimate of drug-likeness (QED) is 0.115. The molecular formula is C48H54N8O3. The van der Waals surface area contributed by atoms with E-state index in [2.05, 4.69) is 58.5 Å². The van der Waals surface area contributed by atoms with Crippen LogP contribution in [0.4, 0.5) is 0 Å². The van der Waals surface area contributed by atoms with Gasteiger partial charge in [-0.25, -0.2) is 9.97 Å². The van der Waals surface area contributed by atoms with Crippen LogP contribution in [0.15, 0.2) is 122 Å². The van der Waals surface area contributed by atoms with Gasteiger partial charge >= 0.3 is 0 Å². The minimum Gasteiger partial charge on any atom is -0.372 e. The maximum atomic E-state index is 13.9. The smallest absolute Gasteiger partial charge is 0.245 e. The first-order valence-electron chi connectivity index (χ1n) is 20.6. The fraction of sp³-hybridized carbons (Fsp3) is 0.333. The average Bonchev–Trinajstić information content (AvgIpc) is 4.09. The van der Waals surface area contributed by atoms with Crippen molar-refractivity contribution in [1.82, 2.24) is 39.5 Å². The molecule has 4 heterocycles. The van der Waals surface area contributed by atoms with Crippen LogP contribution in [0.2, 0.25) is 0 Å². The van der Waals surface area contributed by atoms with E-state index >= 15 is 0 Å². The van der Waals surface area contributed by atoms with E-state index in [0.717, 1.165) is 95.2 Å². The van der Waals surface area contributed by atoms with E-state index in [9.17, 15) is 9.59 Å². The zero-order valence-electron chi connectivity index (χ0n) is 34.4. The summed E-state index contributed by atoms with van der Waals surface area (Å²) >= 11 is 0. The number of hydrogen-bond donors (Lipinski definition) is 2. The lowest BCUT2D eigenvalue weighted by Crippen LogP contribution is -2.40. The third kappa shape index (κ3) is 8.78. The molecule has 0 bridgehead atoms. The van der Waals surface area contributed by atoms with Gasteiger partial charge in [0.05, 0.1) is 49.1 Å². The van der Waals surface area contributed by atoms with E-state index in [-0.39, 0.29) is 36.0 Å². The zero-order chi connectivity index (χ0) is 40.9. The maximum Gasteiger partial charge on any atom is 0.245 e. The molecule has 8 rings (SSSR count). The monoisotopic (exact) mass is 790 g/mol. The number of aromatic amines is 2. The fourth-order valence-electron chi connectivity index (χ4n) is 8.69. The van der Waals surface area contributed by atoms with Crippen molar-refractivity contribution in [2.24, 2.45) is 0 Å². The van der Waals surface area contributed by atoms with Gasteiger partial charge in [-0.15, -0.1) is 0 Å².